The minimum absolute atomic E-state index is 0.116. The van der Waals surface area contributed by atoms with E-state index in [1.165, 1.54) is 37.1 Å². The molecule has 1 unspecified atom stereocenters. The second kappa shape index (κ2) is 6.87. The Morgan fingerprint density at radius 2 is 2.17 bits per heavy atom. The van der Waals surface area contributed by atoms with Crippen molar-refractivity contribution < 1.29 is 8.78 Å². The summed E-state index contributed by atoms with van der Waals surface area (Å²) in [4.78, 5) is 0. The van der Waals surface area contributed by atoms with Crippen LogP contribution in [0.3, 0.4) is 0 Å². The van der Waals surface area contributed by atoms with Gasteiger partial charge in [0.2, 0.25) is 0 Å². The lowest BCUT2D eigenvalue weighted by molar-refractivity contribution is 0.524. The van der Waals surface area contributed by atoms with Crippen LogP contribution in [0.2, 0.25) is 0 Å². The second-order valence-corrected chi connectivity index (χ2v) is 6.70. The van der Waals surface area contributed by atoms with Crippen LogP contribution in [-0.4, -0.2) is 17.5 Å². The largest absolute Gasteiger partial charge is 0.311 e. The molecule has 1 heterocycles. The number of hydrogen-bond donors (Lipinski definition) is 1. The summed E-state index contributed by atoms with van der Waals surface area (Å²) in [5.74, 6) is 0.213. The lowest BCUT2D eigenvalue weighted by atomic mass is 10.1. The molecule has 1 aliphatic rings. The number of hydrogen-bond acceptors (Lipinski definition) is 2. The first-order chi connectivity index (χ1) is 8.68. The Balaban J connectivity index is 1.88. The molecule has 0 aliphatic carbocycles. The van der Waals surface area contributed by atoms with Crippen molar-refractivity contribution in [2.24, 2.45) is 0 Å². The first-order valence-electron chi connectivity index (χ1n) is 6.13. The van der Waals surface area contributed by atoms with Crippen LogP contribution < -0.4 is 5.32 Å². The molecule has 0 aromatic heterocycles. The van der Waals surface area contributed by atoms with Crippen LogP contribution in [-0.2, 0) is 6.54 Å². The Morgan fingerprint density at radius 1 is 1.33 bits per heavy atom. The van der Waals surface area contributed by atoms with Crippen LogP contribution in [0.25, 0.3) is 0 Å². The molecule has 1 aliphatic heterocycles. The smallest absolute Gasteiger partial charge is 0.144 e. The molecule has 5 heteroatoms. The molecule has 1 saturated heterocycles. The van der Waals surface area contributed by atoms with E-state index in [0.717, 1.165) is 6.54 Å². The minimum atomic E-state index is -0.501. The average Bonchev–Trinajstić information content (AvgIpc) is 2.39. The summed E-state index contributed by atoms with van der Waals surface area (Å²) in [5, 5.41) is 3.74. The van der Waals surface area contributed by atoms with Crippen molar-refractivity contribution in [1.29, 1.82) is 0 Å². The highest BCUT2D eigenvalue weighted by atomic mass is 79.9. The summed E-state index contributed by atoms with van der Waals surface area (Å²) in [5.41, 5.74) is 0.116. The van der Waals surface area contributed by atoms with Crippen molar-refractivity contribution >= 4 is 27.7 Å². The third-order valence-corrected chi connectivity index (χ3v) is 5.10. The van der Waals surface area contributed by atoms with Gasteiger partial charge < -0.3 is 5.32 Å². The third kappa shape index (κ3) is 3.68. The van der Waals surface area contributed by atoms with E-state index in [2.05, 4.69) is 21.2 Å². The van der Waals surface area contributed by atoms with Gasteiger partial charge in [0.25, 0.3) is 0 Å². The molecule has 0 spiro atoms. The molecule has 1 aromatic rings. The molecular formula is C13H16BrF2NS. The van der Waals surface area contributed by atoms with Gasteiger partial charge >= 0.3 is 0 Å². The highest BCUT2D eigenvalue weighted by Crippen LogP contribution is 2.25. The summed E-state index contributed by atoms with van der Waals surface area (Å²) < 4.78 is 27.5. The predicted molar refractivity (Wildman–Crippen MR) is 75.9 cm³/mol. The maximum atomic E-state index is 13.7. The molecule has 1 nitrogen and oxygen atoms in total. The molecule has 0 amide bonds. The predicted octanol–water partition coefficient (Wildman–Crippen LogP) is 4.10. The van der Waals surface area contributed by atoms with Gasteiger partial charge in [-0.2, -0.15) is 11.8 Å². The lowest BCUT2D eigenvalue weighted by Crippen LogP contribution is -2.27. The van der Waals surface area contributed by atoms with E-state index in [1.54, 1.807) is 0 Å². The number of halogens is 3. The van der Waals surface area contributed by atoms with E-state index < -0.39 is 11.6 Å². The van der Waals surface area contributed by atoms with Crippen molar-refractivity contribution in [3.05, 3.63) is 33.8 Å². The molecule has 1 fully saturated rings. The Kier molecular flexibility index (Phi) is 5.45. The zero-order valence-corrected chi connectivity index (χ0v) is 12.4. The molecule has 100 valence electrons. The van der Waals surface area contributed by atoms with Crippen molar-refractivity contribution in [3.63, 3.8) is 0 Å². The normalized spacial score (nSPS) is 20.1. The van der Waals surface area contributed by atoms with Gasteiger partial charge in [0.15, 0.2) is 0 Å². The van der Waals surface area contributed by atoms with Gasteiger partial charge in [-0.1, -0.05) is 6.42 Å². The number of thioether (sulfide) groups is 1. The van der Waals surface area contributed by atoms with Crippen molar-refractivity contribution in [2.75, 3.05) is 12.3 Å². The molecule has 18 heavy (non-hydrogen) atoms. The molecule has 0 radical (unpaired) electrons. The second-order valence-electron chi connectivity index (χ2n) is 4.44. The summed E-state index contributed by atoms with van der Waals surface area (Å²) >= 11 is 5.03. The number of benzene rings is 1. The van der Waals surface area contributed by atoms with Gasteiger partial charge in [0, 0.05) is 23.9 Å². The summed E-state index contributed by atoms with van der Waals surface area (Å²) in [6.07, 6.45) is 3.75. The first kappa shape index (κ1) is 14.3. The van der Waals surface area contributed by atoms with E-state index in [0.29, 0.717) is 9.72 Å². The molecule has 0 bridgehead atoms. The zero-order chi connectivity index (χ0) is 13.0. The third-order valence-electron chi connectivity index (χ3n) is 3.09. The minimum Gasteiger partial charge on any atom is -0.311 e. The molecular weight excluding hydrogens is 320 g/mol. The van der Waals surface area contributed by atoms with E-state index >= 15 is 0 Å². The fourth-order valence-electron chi connectivity index (χ4n) is 2.06. The van der Waals surface area contributed by atoms with Crippen LogP contribution >= 0.6 is 27.7 Å². The van der Waals surface area contributed by atoms with Gasteiger partial charge in [-0.3, -0.25) is 0 Å². The maximum Gasteiger partial charge on any atom is 0.144 e. The Morgan fingerprint density at radius 3 is 2.89 bits per heavy atom. The Labute approximate surface area is 119 Å². The van der Waals surface area contributed by atoms with Gasteiger partial charge in [-0.05, 0) is 46.7 Å². The molecule has 2 rings (SSSR count). The summed E-state index contributed by atoms with van der Waals surface area (Å²) in [6, 6.07) is 2.69. The first-order valence-corrected chi connectivity index (χ1v) is 7.97. The lowest BCUT2D eigenvalue weighted by Gasteiger charge is -2.21. The van der Waals surface area contributed by atoms with E-state index in [1.807, 2.05) is 11.8 Å². The van der Waals surface area contributed by atoms with Crippen LogP contribution in [0.1, 0.15) is 24.8 Å². The molecule has 1 atom stereocenters. The van der Waals surface area contributed by atoms with Crippen molar-refractivity contribution in [3.8, 4) is 0 Å². The monoisotopic (exact) mass is 335 g/mol. The Bertz CT molecular complexity index is 408. The van der Waals surface area contributed by atoms with Crippen molar-refractivity contribution in [2.45, 2.75) is 31.1 Å². The SMILES string of the molecule is Fc1ccc(Br)c(F)c1CNCC1CCCCS1. The zero-order valence-electron chi connectivity index (χ0n) is 10.0. The summed E-state index contributed by atoms with van der Waals surface area (Å²) in [7, 11) is 0. The van der Waals surface area contributed by atoms with Gasteiger partial charge in [-0.15, -0.1) is 0 Å². The number of nitrogens with one attached hydrogen (secondary N) is 1. The maximum absolute atomic E-state index is 13.7. The quantitative estimate of drug-likeness (QED) is 0.831. The molecule has 1 aromatic carbocycles. The fraction of sp³-hybridized carbons (Fsp3) is 0.538. The molecule has 1 N–H and O–H groups in total. The van der Waals surface area contributed by atoms with E-state index in [9.17, 15) is 8.78 Å². The van der Waals surface area contributed by atoms with E-state index in [-0.39, 0.29) is 12.1 Å². The highest BCUT2D eigenvalue weighted by molar-refractivity contribution is 9.10. The van der Waals surface area contributed by atoms with Gasteiger partial charge in [0.1, 0.15) is 11.6 Å². The molecule has 0 saturated carbocycles. The van der Waals surface area contributed by atoms with Gasteiger partial charge in [0.05, 0.1) is 4.47 Å². The highest BCUT2D eigenvalue weighted by Gasteiger charge is 2.15. The average molecular weight is 336 g/mol. The van der Waals surface area contributed by atoms with Crippen LogP contribution in [0.4, 0.5) is 8.78 Å². The fourth-order valence-corrected chi connectivity index (χ4v) is 3.70. The van der Waals surface area contributed by atoms with Crippen LogP contribution in [0, 0.1) is 11.6 Å². The van der Waals surface area contributed by atoms with Crippen LogP contribution in [0.15, 0.2) is 16.6 Å². The Hall–Kier alpha value is -0.130. The van der Waals surface area contributed by atoms with Gasteiger partial charge in [-0.25, -0.2) is 8.78 Å². The standard InChI is InChI=1S/C13H16BrF2NS/c14-11-4-5-12(15)10(13(11)16)8-17-7-9-3-1-2-6-18-9/h4-5,9,17H,1-3,6-8H2. The van der Waals surface area contributed by atoms with Crippen molar-refractivity contribution in [1.82, 2.24) is 5.32 Å². The van der Waals surface area contributed by atoms with Crippen LogP contribution in [0.5, 0.6) is 0 Å². The van der Waals surface area contributed by atoms with E-state index in [4.69, 9.17) is 0 Å². The summed E-state index contributed by atoms with van der Waals surface area (Å²) in [6.45, 7) is 1.06. The topological polar surface area (TPSA) is 12.0 Å². The number of rotatable bonds is 4.